The normalized spacial score (nSPS) is 10.3. The third-order valence-electron chi connectivity index (χ3n) is 3.42. The van der Waals surface area contributed by atoms with Gasteiger partial charge < -0.3 is 15.4 Å². The van der Waals surface area contributed by atoms with Gasteiger partial charge in [-0.15, -0.1) is 0 Å². The summed E-state index contributed by atoms with van der Waals surface area (Å²) >= 11 is 3.43. The van der Waals surface area contributed by atoms with Gasteiger partial charge in [0, 0.05) is 34.9 Å². The van der Waals surface area contributed by atoms with Gasteiger partial charge in [0.25, 0.3) is 11.8 Å². The largest absolute Gasteiger partial charge is 0.383 e. The molecule has 2 amide bonds. The van der Waals surface area contributed by atoms with Crippen LogP contribution in [0.15, 0.2) is 46.9 Å². The first kappa shape index (κ1) is 18.2. The number of carbonyl (C=O) groups excluding carboxylic acids is 2. The molecule has 0 saturated carbocycles. The first-order valence-corrected chi connectivity index (χ1v) is 8.25. The molecule has 0 fully saturated rings. The van der Waals surface area contributed by atoms with Gasteiger partial charge in [0.05, 0.1) is 6.61 Å². The van der Waals surface area contributed by atoms with E-state index in [0.29, 0.717) is 24.3 Å². The van der Waals surface area contributed by atoms with Crippen molar-refractivity contribution in [1.82, 2.24) is 5.32 Å². The number of methoxy groups -OCH3 is 1. The average molecular weight is 391 g/mol. The van der Waals surface area contributed by atoms with Crippen LogP contribution in [0, 0.1) is 6.92 Å². The van der Waals surface area contributed by atoms with Crippen LogP contribution in [0.5, 0.6) is 0 Å². The molecular weight excluding hydrogens is 372 g/mol. The van der Waals surface area contributed by atoms with Crippen LogP contribution < -0.4 is 10.6 Å². The number of nitrogens with one attached hydrogen (secondary N) is 2. The summed E-state index contributed by atoms with van der Waals surface area (Å²) in [6.45, 7) is 2.86. The average Bonchev–Trinajstić information content (AvgIpc) is 2.58. The standard InChI is InChI=1S/C18H19BrN2O3/c1-12-11-15(7-8-16(12)19)21-18(23)14-5-3-13(4-6-14)17(22)20-9-10-24-2/h3-8,11H,9-10H2,1-2H3,(H,20,22)(H,21,23). The molecular formula is C18H19BrN2O3. The fourth-order valence-corrected chi connectivity index (χ4v) is 2.31. The molecule has 0 spiro atoms. The third kappa shape index (κ3) is 4.91. The number of rotatable bonds is 6. The van der Waals surface area contributed by atoms with E-state index in [9.17, 15) is 9.59 Å². The van der Waals surface area contributed by atoms with Gasteiger partial charge in [0.1, 0.15) is 0 Å². The van der Waals surface area contributed by atoms with Crippen molar-refractivity contribution in [2.75, 3.05) is 25.6 Å². The maximum Gasteiger partial charge on any atom is 0.255 e. The molecule has 0 heterocycles. The number of anilines is 1. The van der Waals surface area contributed by atoms with Gasteiger partial charge in [-0.2, -0.15) is 0 Å². The van der Waals surface area contributed by atoms with Crippen molar-refractivity contribution in [1.29, 1.82) is 0 Å². The highest BCUT2D eigenvalue weighted by atomic mass is 79.9. The monoisotopic (exact) mass is 390 g/mol. The molecule has 126 valence electrons. The Hall–Kier alpha value is -2.18. The van der Waals surface area contributed by atoms with Gasteiger partial charge in [-0.05, 0) is 55.0 Å². The Morgan fingerprint density at radius 1 is 1.04 bits per heavy atom. The second-order valence-corrected chi connectivity index (χ2v) is 6.10. The molecule has 0 aromatic heterocycles. The zero-order chi connectivity index (χ0) is 17.5. The molecule has 0 bridgehead atoms. The summed E-state index contributed by atoms with van der Waals surface area (Å²) in [5, 5.41) is 5.57. The van der Waals surface area contributed by atoms with Gasteiger partial charge in [0.15, 0.2) is 0 Å². The fraction of sp³-hybridized carbons (Fsp3) is 0.222. The molecule has 0 atom stereocenters. The second kappa shape index (κ2) is 8.61. The van der Waals surface area contributed by atoms with E-state index in [1.807, 2.05) is 25.1 Å². The molecule has 2 aromatic carbocycles. The predicted molar refractivity (Wildman–Crippen MR) is 97.5 cm³/mol. The van der Waals surface area contributed by atoms with Crippen molar-refractivity contribution < 1.29 is 14.3 Å². The van der Waals surface area contributed by atoms with Gasteiger partial charge in [-0.3, -0.25) is 9.59 Å². The molecule has 24 heavy (non-hydrogen) atoms. The summed E-state index contributed by atoms with van der Waals surface area (Å²) in [7, 11) is 1.58. The van der Waals surface area contributed by atoms with E-state index in [1.165, 1.54) is 0 Å². The van der Waals surface area contributed by atoms with E-state index in [-0.39, 0.29) is 11.8 Å². The van der Waals surface area contributed by atoms with Crippen LogP contribution >= 0.6 is 15.9 Å². The van der Waals surface area contributed by atoms with Crippen LogP contribution in [0.4, 0.5) is 5.69 Å². The number of hydrogen-bond donors (Lipinski definition) is 2. The van der Waals surface area contributed by atoms with E-state index < -0.39 is 0 Å². The minimum Gasteiger partial charge on any atom is -0.383 e. The fourth-order valence-electron chi connectivity index (χ4n) is 2.07. The summed E-state index contributed by atoms with van der Waals surface area (Å²) in [5.74, 6) is -0.411. The molecule has 2 aromatic rings. The Labute approximate surface area is 149 Å². The Morgan fingerprint density at radius 2 is 1.67 bits per heavy atom. The number of benzene rings is 2. The number of amides is 2. The van der Waals surface area contributed by atoms with Crippen molar-refractivity contribution in [2.45, 2.75) is 6.92 Å². The zero-order valence-corrected chi connectivity index (χ0v) is 15.1. The van der Waals surface area contributed by atoms with Crippen molar-refractivity contribution in [3.05, 3.63) is 63.6 Å². The number of aryl methyl sites for hydroxylation is 1. The first-order valence-electron chi connectivity index (χ1n) is 7.46. The van der Waals surface area contributed by atoms with Crippen LogP contribution in [-0.4, -0.2) is 32.1 Å². The summed E-state index contributed by atoms with van der Waals surface area (Å²) in [5.41, 5.74) is 2.75. The van der Waals surface area contributed by atoms with Gasteiger partial charge in [-0.1, -0.05) is 15.9 Å². The van der Waals surface area contributed by atoms with Crippen molar-refractivity contribution in [2.24, 2.45) is 0 Å². The number of ether oxygens (including phenoxy) is 1. The molecule has 0 aliphatic heterocycles. The number of halogens is 1. The third-order valence-corrected chi connectivity index (χ3v) is 4.31. The predicted octanol–water partition coefficient (Wildman–Crippen LogP) is 3.39. The van der Waals surface area contributed by atoms with Gasteiger partial charge in [0.2, 0.25) is 0 Å². The van der Waals surface area contributed by atoms with E-state index in [1.54, 1.807) is 31.4 Å². The molecule has 0 saturated heterocycles. The topological polar surface area (TPSA) is 67.4 Å². The smallest absolute Gasteiger partial charge is 0.255 e. The summed E-state index contributed by atoms with van der Waals surface area (Å²) < 4.78 is 5.87. The molecule has 6 heteroatoms. The molecule has 0 radical (unpaired) electrons. The van der Waals surface area contributed by atoms with Gasteiger partial charge in [-0.25, -0.2) is 0 Å². The van der Waals surface area contributed by atoms with Crippen LogP contribution in [0.25, 0.3) is 0 Å². The van der Waals surface area contributed by atoms with Crippen molar-refractivity contribution in [3.8, 4) is 0 Å². The Balaban J connectivity index is 2.00. The summed E-state index contributed by atoms with van der Waals surface area (Å²) in [6, 6.07) is 12.1. The van der Waals surface area contributed by atoms with Crippen LogP contribution in [0.1, 0.15) is 26.3 Å². The van der Waals surface area contributed by atoms with E-state index in [4.69, 9.17) is 4.74 Å². The lowest BCUT2D eigenvalue weighted by Gasteiger charge is -2.08. The van der Waals surface area contributed by atoms with Crippen LogP contribution in [0.2, 0.25) is 0 Å². The van der Waals surface area contributed by atoms with Crippen LogP contribution in [-0.2, 0) is 4.74 Å². The lowest BCUT2D eigenvalue weighted by atomic mass is 10.1. The number of hydrogen-bond acceptors (Lipinski definition) is 3. The lowest BCUT2D eigenvalue weighted by molar-refractivity contribution is 0.0935. The molecule has 5 nitrogen and oxygen atoms in total. The maximum atomic E-state index is 12.3. The van der Waals surface area contributed by atoms with Crippen molar-refractivity contribution in [3.63, 3.8) is 0 Å². The Bertz CT molecular complexity index is 730. The highest BCUT2D eigenvalue weighted by molar-refractivity contribution is 9.10. The Morgan fingerprint density at radius 3 is 2.25 bits per heavy atom. The quantitative estimate of drug-likeness (QED) is 0.742. The minimum absolute atomic E-state index is 0.192. The maximum absolute atomic E-state index is 12.3. The number of carbonyl (C=O) groups is 2. The van der Waals surface area contributed by atoms with E-state index in [0.717, 1.165) is 15.7 Å². The molecule has 0 unspecified atom stereocenters. The second-order valence-electron chi connectivity index (χ2n) is 5.24. The Kier molecular flexibility index (Phi) is 6.52. The van der Waals surface area contributed by atoms with Crippen LogP contribution in [0.3, 0.4) is 0 Å². The first-order chi connectivity index (χ1) is 11.5. The van der Waals surface area contributed by atoms with Crippen molar-refractivity contribution >= 4 is 33.4 Å². The zero-order valence-electron chi connectivity index (χ0n) is 13.6. The minimum atomic E-state index is -0.219. The highest BCUT2D eigenvalue weighted by Crippen LogP contribution is 2.20. The van der Waals surface area contributed by atoms with Gasteiger partial charge >= 0.3 is 0 Å². The highest BCUT2D eigenvalue weighted by Gasteiger charge is 2.09. The SMILES string of the molecule is COCCNC(=O)c1ccc(C(=O)Nc2ccc(Br)c(C)c2)cc1. The molecule has 0 aliphatic rings. The summed E-state index contributed by atoms with van der Waals surface area (Å²) in [4.78, 5) is 24.2. The van der Waals surface area contributed by atoms with E-state index in [2.05, 4.69) is 26.6 Å². The van der Waals surface area contributed by atoms with E-state index >= 15 is 0 Å². The lowest BCUT2D eigenvalue weighted by Crippen LogP contribution is -2.26. The molecule has 2 N–H and O–H groups in total. The summed E-state index contributed by atoms with van der Waals surface area (Å²) in [6.07, 6.45) is 0. The molecule has 2 rings (SSSR count). The molecule has 0 aliphatic carbocycles.